The Morgan fingerprint density at radius 1 is 1.34 bits per heavy atom. The van der Waals surface area contributed by atoms with E-state index in [1.165, 1.54) is 10.6 Å². The van der Waals surface area contributed by atoms with Crippen LogP contribution in [0.2, 0.25) is 0 Å². The van der Waals surface area contributed by atoms with Gasteiger partial charge in [0.25, 0.3) is 0 Å². The Morgan fingerprint density at radius 3 is 2.93 bits per heavy atom. The lowest BCUT2D eigenvalue weighted by Crippen LogP contribution is -2.32. The van der Waals surface area contributed by atoms with Gasteiger partial charge in [-0.15, -0.1) is 11.8 Å². The molecule has 0 saturated heterocycles. The van der Waals surface area contributed by atoms with Crippen LogP contribution >= 0.6 is 11.8 Å². The van der Waals surface area contributed by atoms with Crippen LogP contribution in [0.15, 0.2) is 65.3 Å². The van der Waals surface area contributed by atoms with Crippen LogP contribution in [0, 0.1) is 0 Å². The summed E-state index contributed by atoms with van der Waals surface area (Å²) in [7, 11) is 0. The molecule has 0 aromatic heterocycles. The van der Waals surface area contributed by atoms with Gasteiger partial charge in [-0.1, -0.05) is 43.4 Å². The van der Waals surface area contributed by atoms with Crippen LogP contribution in [0.5, 0.6) is 0 Å². The average molecular weight is 418 g/mol. The van der Waals surface area contributed by atoms with Crippen molar-refractivity contribution in [1.82, 2.24) is 0 Å². The highest BCUT2D eigenvalue weighted by Gasteiger charge is 2.16. The molecule has 1 aromatic carbocycles. The number of thioether (sulfide) groups is 1. The highest BCUT2D eigenvalue weighted by atomic mass is 32.2. The summed E-state index contributed by atoms with van der Waals surface area (Å²) in [6.45, 7) is 11.4. The van der Waals surface area contributed by atoms with Gasteiger partial charge in [-0.2, -0.15) is 0 Å². The molecule has 0 radical (unpaired) electrons. The second-order valence-corrected chi connectivity index (χ2v) is 8.10. The van der Waals surface area contributed by atoms with Crippen LogP contribution in [0.25, 0.3) is 0 Å². The number of benzene rings is 1. The second kappa shape index (κ2) is 13.5. The summed E-state index contributed by atoms with van der Waals surface area (Å²) in [6, 6.07) is 8.59. The molecule has 0 spiro atoms. The Morgan fingerprint density at radius 2 is 2.17 bits per heavy atom. The van der Waals surface area contributed by atoms with Crippen molar-refractivity contribution in [3.8, 4) is 0 Å². The Bertz CT molecular complexity index is 686. The number of aliphatic hydroxyl groups excluding tert-OH is 1. The van der Waals surface area contributed by atoms with E-state index >= 15 is 0 Å². The first-order chi connectivity index (χ1) is 14.2. The molecule has 1 aromatic rings. The third-order valence-corrected chi connectivity index (χ3v) is 5.72. The molecule has 0 aliphatic carbocycles. The maximum Gasteiger partial charge on any atom is 0.105 e. The molecule has 0 fully saturated rings. The van der Waals surface area contributed by atoms with E-state index in [1.54, 1.807) is 0 Å². The van der Waals surface area contributed by atoms with E-state index in [4.69, 9.17) is 9.47 Å². The van der Waals surface area contributed by atoms with Gasteiger partial charge >= 0.3 is 0 Å². The average Bonchev–Trinajstić information content (AvgIpc) is 2.73. The second-order valence-electron chi connectivity index (χ2n) is 6.96. The topological polar surface area (TPSA) is 41.9 Å². The number of aliphatic hydroxyl groups is 1. The molecular weight excluding hydrogens is 382 g/mol. The first-order valence-electron chi connectivity index (χ1n) is 10.5. The summed E-state index contributed by atoms with van der Waals surface area (Å²) in [5.41, 5.74) is 2.27. The Hall–Kier alpha value is -1.69. The lowest BCUT2D eigenvalue weighted by molar-refractivity contribution is 0.0212. The summed E-state index contributed by atoms with van der Waals surface area (Å²) in [6.07, 6.45) is 8.39. The molecule has 0 amide bonds. The number of nitrogens with zero attached hydrogens (tertiary/aromatic N) is 1. The first kappa shape index (κ1) is 23.6. The van der Waals surface area contributed by atoms with Crippen LogP contribution in [-0.2, 0) is 9.47 Å². The van der Waals surface area contributed by atoms with Crippen LogP contribution in [0.4, 0.5) is 5.69 Å². The molecule has 0 bridgehead atoms. The minimum absolute atomic E-state index is 0.0168. The van der Waals surface area contributed by atoms with E-state index < -0.39 is 0 Å². The predicted molar refractivity (Wildman–Crippen MR) is 124 cm³/mol. The Labute approximate surface area is 180 Å². The van der Waals surface area contributed by atoms with E-state index in [-0.39, 0.29) is 12.7 Å². The highest BCUT2D eigenvalue weighted by molar-refractivity contribution is 7.99. The molecule has 2 rings (SSSR count). The predicted octanol–water partition coefficient (Wildman–Crippen LogP) is 5.20. The largest absolute Gasteiger partial charge is 0.496 e. The fraction of sp³-hybridized carbons (Fsp3) is 0.500. The fourth-order valence-electron chi connectivity index (χ4n) is 3.29. The quantitative estimate of drug-likeness (QED) is 0.353. The van der Waals surface area contributed by atoms with Crippen molar-refractivity contribution in [2.75, 3.05) is 43.6 Å². The van der Waals surface area contributed by atoms with E-state index in [0.717, 1.165) is 43.0 Å². The monoisotopic (exact) mass is 417 g/mol. The van der Waals surface area contributed by atoms with E-state index in [0.29, 0.717) is 19.6 Å². The molecular formula is C24H35NO3S. The van der Waals surface area contributed by atoms with Crippen molar-refractivity contribution in [1.29, 1.82) is 0 Å². The van der Waals surface area contributed by atoms with Gasteiger partial charge in [0.2, 0.25) is 0 Å². The maximum absolute atomic E-state index is 9.33. The van der Waals surface area contributed by atoms with Crippen molar-refractivity contribution in [3.05, 3.63) is 60.4 Å². The number of allylic oxidation sites excluding steroid dienone is 3. The summed E-state index contributed by atoms with van der Waals surface area (Å²) in [4.78, 5) is 3.77. The van der Waals surface area contributed by atoms with E-state index in [9.17, 15) is 5.11 Å². The maximum atomic E-state index is 9.33. The zero-order chi connectivity index (χ0) is 20.9. The molecule has 1 N–H and O–H groups in total. The summed E-state index contributed by atoms with van der Waals surface area (Å²) in [5.74, 6) is 2.12. The minimum Gasteiger partial charge on any atom is -0.496 e. The molecule has 1 aliphatic rings. The van der Waals surface area contributed by atoms with Crippen molar-refractivity contribution in [2.24, 2.45) is 0 Å². The lowest BCUT2D eigenvalue weighted by Gasteiger charge is -2.30. The number of hydrogen-bond donors (Lipinski definition) is 1. The van der Waals surface area contributed by atoms with Gasteiger partial charge < -0.3 is 19.5 Å². The molecule has 4 nitrogen and oxygen atoms in total. The van der Waals surface area contributed by atoms with Crippen molar-refractivity contribution in [3.63, 3.8) is 0 Å². The fourth-order valence-corrected chi connectivity index (χ4v) is 4.34. The molecule has 1 atom stereocenters. The number of para-hydroxylation sites is 1. The Balaban J connectivity index is 1.79. The van der Waals surface area contributed by atoms with Gasteiger partial charge in [-0.05, 0) is 31.6 Å². The van der Waals surface area contributed by atoms with Crippen LogP contribution in [0.3, 0.4) is 0 Å². The molecule has 0 saturated carbocycles. The van der Waals surface area contributed by atoms with Crippen molar-refractivity contribution in [2.45, 2.75) is 44.1 Å². The molecule has 1 unspecified atom stereocenters. The van der Waals surface area contributed by atoms with Crippen LogP contribution in [-0.4, -0.2) is 49.9 Å². The minimum atomic E-state index is -0.176. The highest BCUT2D eigenvalue weighted by Crippen LogP contribution is 2.34. The molecule has 160 valence electrons. The van der Waals surface area contributed by atoms with Crippen LogP contribution < -0.4 is 4.90 Å². The van der Waals surface area contributed by atoms with Gasteiger partial charge in [0, 0.05) is 36.6 Å². The zero-order valence-electron chi connectivity index (χ0n) is 17.8. The number of hydrogen-bond acceptors (Lipinski definition) is 5. The molecule has 1 aliphatic heterocycles. The third-order valence-electron chi connectivity index (χ3n) is 4.67. The first-order valence-corrected chi connectivity index (χ1v) is 11.5. The van der Waals surface area contributed by atoms with Gasteiger partial charge in [0.1, 0.15) is 6.61 Å². The normalized spacial score (nSPS) is 15.4. The SMILES string of the molecule is C=C(/C=C\C/C(=C\CC)OCCN1CCSc2ccccc21)CC(CO)OCC. The van der Waals surface area contributed by atoms with Crippen molar-refractivity contribution < 1.29 is 14.6 Å². The summed E-state index contributed by atoms with van der Waals surface area (Å²) < 4.78 is 11.6. The van der Waals surface area contributed by atoms with Gasteiger partial charge in [0.15, 0.2) is 0 Å². The lowest BCUT2D eigenvalue weighted by atomic mass is 10.1. The number of anilines is 1. The van der Waals surface area contributed by atoms with E-state index in [1.807, 2.05) is 24.8 Å². The van der Waals surface area contributed by atoms with Gasteiger partial charge in [-0.25, -0.2) is 0 Å². The van der Waals surface area contributed by atoms with Gasteiger partial charge in [0.05, 0.1) is 30.7 Å². The summed E-state index contributed by atoms with van der Waals surface area (Å²) >= 11 is 1.93. The smallest absolute Gasteiger partial charge is 0.105 e. The Kier molecular flexibility index (Phi) is 11.0. The number of fused-ring (bicyclic) bond motifs is 1. The zero-order valence-corrected chi connectivity index (χ0v) is 18.6. The van der Waals surface area contributed by atoms with Gasteiger partial charge in [-0.3, -0.25) is 0 Å². The molecule has 1 heterocycles. The van der Waals surface area contributed by atoms with Crippen LogP contribution in [0.1, 0.15) is 33.1 Å². The number of ether oxygens (including phenoxy) is 2. The molecule has 29 heavy (non-hydrogen) atoms. The van der Waals surface area contributed by atoms with E-state index in [2.05, 4.69) is 54.8 Å². The standard InChI is InChI=1S/C24H35NO3S/c1-4-9-21(11-8-10-20(3)18-22(19-26)27-5-2)28-16-14-25-15-17-29-24-13-7-6-12-23(24)25/h6-10,12-13,22,26H,3-5,11,14-19H2,1-2H3/b10-8-,21-9+. The number of rotatable bonds is 13. The third kappa shape index (κ3) is 8.29. The van der Waals surface area contributed by atoms with Crippen molar-refractivity contribution >= 4 is 17.4 Å². The molecule has 5 heteroatoms. The summed E-state index contributed by atoms with van der Waals surface area (Å²) in [5, 5.41) is 9.33.